The lowest BCUT2D eigenvalue weighted by Crippen LogP contribution is -2.17. The van der Waals surface area contributed by atoms with E-state index >= 15 is 0 Å². The average molecular weight is 309 g/mol. The molecule has 0 bridgehead atoms. The fourth-order valence-corrected chi connectivity index (χ4v) is 1.88. The van der Waals surface area contributed by atoms with Gasteiger partial charge in [-0.1, -0.05) is 44.7 Å². The highest BCUT2D eigenvalue weighted by atomic mass is 16.2. The predicted octanol–water partition coefficient (Wildman–Crippen LogP) is 4.42. The van der Waals surface area contributed by atoms with Crippen molar-refractivity contribution in [3.05, 3.63) is 64.6 Å². The second kappa shape index (κ2) is 8.44. The monoisotopic (exact) mass is 309 g/mol. The molecule has 0 saturated carbocycles. The summed E-state index contributed by atoms with van der Waals surface area (Å²) in [5.74, 6) is -0.631. The van der Waals surface area contributed by atoms with Crippen LogP contribution in [0.1, 0.15) is 47.2 Å². The fraction of sp³-hybridized carbons (Fsp3) is 0.222. The maximum atomic E-state index is 12.3. The van der Waals surface area contributed by atoms with E-state index in [2.05, 4.69) is 15.1 Å². The molecule has 0 fully saturated rings. The van der Waals surface area contributed by atoms with E-state index in [4.69, 9.17) is 6.57 Å². The van der Waals surface area contributed by atoms with Crippen LogP contribution in [0.5, 0.6) is 0 Å². The van der Waals surface area contributed by atoms with Crippen LogP contribution in [-0.4, -0.2) is 16.7 Å². The molecule has 118 valence electrons. The third-order valence-electron chi connectivity index (χ3n) is 2.90. The largest absolute Gasteiger partial charge is 0.360 e. The lowest BCUT2D eigenvalue weighted by molar-refractivity contribution is 0.0981. The Bertz CT molecular complexity index is 747. The van der Waals surface area contributed by atoms with Crippen LogP contribution in [0.25, 0.3) is 4.85 Å². The number of nitrogens with one attached hydrogen (secondary N) is 1. The first-order valence-electron chi connectivity index (χ1n) is 7.29. The molecule has 1 aromatic carbocycles. The van der Waals surface area contributed by atoms with Crippen LogP contribution in [0.2, 0.25) is 0 Å². The van der Waals surface area contributed by atoms with Gasteiger partial charge in [0.1, 0.15) is 0 Å². The summed E-state index contributed by atoms with van der Waals surface area (Å²) in [6.07, 6.45) is 0. The van der Waals surface area contributed by atoms with Crippen molar-refractivity contribution >= 4 is 23.2 Å². The molecular weight excluding hydrogens is 290 g/mol. The smallest absolute Gasteiger partial charge is 0.273 e. The number of hydrogen-bond donors (Lipinski definition) is 1. The minimum atomic E-state index is -0.418. The zero-order valence-electron chi connectivity index (χ0n) is 13.7. The van der Waals surface area contributed by atoms with Crippen molar-refractivity contribution in [1.82, 2.24) is 4.98 Å². The second-order valence-corrected chi connectivity index (χ2v) is 4.51. The van der Waals surface area contributed by atoms with Crippen molar-refractivity contribution < 1.29 is 9.59 Å². The molecule has 0 aliphatic rings. The molecule has 0 spiro atoms. The Kier molecular flexibility index (Phi) is 6.63. The Morgan fingerprint density at radius 3 is 2.30 bits per heavy atom. The highest BCUT2D eigenvalue weighted by molar-refractivity contribution is 6.11. The normalized spacial score (nSPS) is 9.17. The van der Waals surface area contributed by atoms with Gasteiger partial charge in [0.25, 0.3) is 11.7 Å². The lowest BCUT2D eigenvalue weighted by atomic mass is 10.1. The number of benzene rings is 1. The van der Waals surface area contributed by atoms with E-state index < -0.39 is 5.91 Å². The SMILES string of the molecule is CC.[C-]#[N+]c1nc(C(C)=O)c(C(=O)Nc2ccccc2)cc1C. The van der Waals surface area contributed by atoms with E-state index in [1.807, 2.05) is 19.9 Å². The molecular formula is C18H19N3O2. The van der Waals surface area contributed by atoms with Crippen LogP contribution in [0.3, 0.4) is 0 Å². The Hall–Kier alpha value is -3.00. The summed E-state index contributed by atoms with van der Waals surface area (Å²) < 4.78 is 0. The van der Waals surface area contributed by atoms with Crippen molar-refractivity contribution in [3.63, 3.8) is 0 Å². The number of Topliss-reactive ketones (excluding diaryl/α,β-unsaturated/α-hetero) is 1. The summed E-state index contributed by atoms with van der Waals surface area (Å²) in [6.45, 7) is 14.0. The van der Waals surface area contributed by atoms with E-state index in [1.54, 1.807) is 31.2 Å². The van der Waals surface area contributed by atoms with Gasteiger partial charge in [0, 0.05) is 12.6 Å². The third kappa shape index (κ3) is 4.48. The summed E-state index contributed by atoms with van der Waals surface area (Å²) in [7, 11) is 0. The number of aromatic nitrogens is 1. The number of hydrogen-bond acceptors (Lipinski definition) is 3. The molecule has 5 nitrogen and oxygen atoms in total. The number of rotatable bonds is 3. The highest BCUT2D eigenvalue weighted by Gasteiger charge is 2.22. The molecule has 0 aliphatic carbocycles. The predicted molar refractivity (Wildman–Crippen MR) is 91.0 cm³/mol. The standard InChI is InChI=1S/C16H13N3O2.C2H6/c1-10-9-13(14(11(2)20)19-15(10)17-3)16(21)18-12-7-5-4-6-8-12;1-2/h4-9H,1-2H3,(H,18,21);1-2H3. The number of amides is 1. The van der Waals surface area contributed by atoms with Crippen LogP contribution in [0.15, 0.2) is 36.4 Å². The number of para-hydroxylation sites is 1. The summed E-state index contributed by atoms with van der Waals surface area (Å²) in [5.41, 5.74) is 1.38. The summed E-state index contributed by atoms with van der Waals surface area (Å²) in [5, 5.41) is 2.71. The maximum absolute atomic E-state index is 12.3. The third-order valence-corrected chi connectivity index (χ3v) is 2.90. The van der Waals surface area contributed by atoms with Gasteiger partial charge >= 0.3 is 0 Å². The Morgan fingerprint density at radius 2 is 1.78 bits per heavy atom. The van der Waals surface area contributed by atoms with E-state index in [1.165, 1.54) is 13.0 Å². The average Bonchev–Trinajstić information content (AvgIpc) is 2.57. The highest BCUT2D eigenvalue weighted by Crippen LogP contribution is 2.21. The van der Waals surface area contributed by atoms with Crippen molar-refractivity contribution in [3.8, 4) is 0 Å². The van der Waals surface area contributed by atoms with Crippen molar-refractivity contribution in [2.75, 3.05) is 5.32 Å². The van der Waals surface area contributed by atoms with Gasteiger partial charge in [-0.25, -0.2) is 0 Å². The number of aryl methyl sites for hydroxylation is 1. The molecule has 0 radical (unpaired) electrons. The molecule has 2 rings (SSSR count). The minimum absolute atomic E-state index is 0.0139. The molecule has 0 atom stereocenters. The van der Waals surface area contributed by atoms with Crippen molar-refractivity contribution in [2.24, 2.45) is 0 Å². The van der Waals surface area contributed by atoms with Gasteiger partial charge < -0.3 is 10.2 Å². The first-order valence-corrected chi connectivity index (χ1v) is 7.29. The molecule has 23 heavy (non-hydrogen) atoms. The van der Waals surface area contributed by atoms with Crippen LogP contribution in [0, 0.1) is 13.5 Å². The number of carbonyl (C=O) groups excluding carboxylic acids is 2. The van der Waals surface area contributed by atoms with E-state index in [-0.39, 0.29) is 22.9 Å². The van der Waals surface area contributed by atoms with Gasteiger partial charge in [-0.2, -0.15) is 0 Å². The molecule has 0 unspecified atom stereocenters. The van der Waals surface area contributed by atoms with Crippen LogP contribution in [-0.2, 0) is 0 Å². The number of ketones is 1. The molecule has 1 heterocycles. The van der Waals surface area contributed by atoms with Gasteiger partial charge in [-0.3, -0.25) is 9.59 Å². The summed E-state index contributed by atoms with van der Waals surface area (Å²) in [4.78, 5) is 31.2. The Labute approximate surface area is 136 Å². The fourth-order valence-electron chi connectivity index (χ4n) is 1.88. The zero-order chi connectivity index (χ0) is 17.4. The van der Waals surface area contributed by atoms with E-state index in [0.29, 0.717) is 11.3 Å². The number of carbonyl (C=O) groups is 2. The molecule has 0 aliphatic heterocycles. The molecule has 0 saturated heterocycles. The van der Waals surface area contributed by atoms with Gasteiger partial charge in [-0.15, -0.1) is 4.98 Å². The van der Waals surface area contributed by atoms with Crippen molar-refractivity contribution in [2.45, 2.75) is 27.7 Å². The lowest BCUT2D eigenvalue weighted by Gasteiger charge is -2.08. The van der Waals surface area contributed by atoms with Gasteiger partial charge in [0.2, 0.25) is 11.5 Å². The van der Waals surface area contributed by atoms with Gasteiger partial charge in [0.05, 0.1) is 5.56 Å². The van der Waals surface area contributed by atoms with Gasteiger partial charge in [-0.05, 0) is 24.6 Å². The van der Waals surface area contributed by atoms with Crippen LogP contribution in [0.4, 0.5) is 11.5 Å². The number of pyridine rings is 1. The quantitative estimate of drug-likeness (QED) is 0.674. The first-order chi connectivity index (χ1) is 11.0. The first kappa shape index (κ1) is 18.1. The number of nitrogens with zero attached hydrogens (tertiary/aromatic N) is 2. The molecule has 1 amide bonds. The van der Waals surface area contributed by atoms with Crippen molar-refractivity contribution in [1.29, 1.82) is 0 Å². The zero-order valence-corrected chi connectivity index (χ0v) is 13.7. The molecule has 1 aromatic heterocycles. The van der Waals surface area contributed by atoms with E-state index in [9.17, 15) is 9.59 Å². The topological polar surface area (TPSA) is 63.4 Å². The van der Waals surface area contributed by atoms with Gasteiger partial charge in [0.15, 0.2) is 0 Å². The Morgan fingerprint density at radius 1 is 1.17 bits per heavy atom. The van der Waals surface area contributed by atoms with Crippen LogP contribution >= 0.6 is 0 Å². The Balaban J connectivity index is 0.00000127. The molecule has 2 aromatic rings. The maximum Gasteiger partial charge on any atom is 0.273 e. The molecule has 5 heteroatoms. The summed E-state index contributed by atoms with van der Waals surface area (Å²) in [6, 6.07) is 10.5. The van der Waals surface area contributed by atoms with E-state index in [0.717, 1.165) is 0 Å². The minimum Gasteiger partial charge on any atom is -0.360 e. The second-order valence-electron chi connectivity index (χ2n) is 4.51. The molecule has 1 N–H and O–H groups in total. The van der Waals surface area contributed by atoms with Crippen LogP contribution < -0.4 is 5.32 Å². The summed E-state index contributed by atoms with van der Waals surface area (Å²) >= 11 is 0. The number of anilines is 1.